The van der Waals surface area contributed by atoms with Gasteiger partial charge in [0.25, 0.3) is 0 Å². The van der Waals surface area contributed by atoms with Crippen molar-refractivity contribution in [3.8, 4) is 5.75 Å². The van der Waals surface area contributed by atoms with Crippen molar-refractivity contribution in [3.05, 3.63) is 76.9 Å². The third kappa shape index (κ3) is 3.13. The van der Waals surface area contributed by atoms with Crippen LogP contribution in [0.1, 0.15) is 16.7 Å². The van der Waals surface area contributed by atoms with E-state index in [0.717, 1.165) is 16.7 Å². The third-order valence-electron chi connectivity index (χ3n) is 3.72. The Balaban J connectivity index is 1.95. The SMILES string of the molecule is COC(=O)/C=C1/C(C(=O)Oc2cccc(C)c2)=Cc2ccccc21. The van der Waals surface area contributed by atoms with Crippen LogP contribution in [-0.4, -0.2) is 19.0 Å². The highest BCUT2D eigenvalue weighted by Crippen LogP contribution is 2.36. The van der Waals surface area contributed by atoms with Crippen LogP contribution in [0.15, 0.2) is 60.2 Å². The zero-order chi connectivity index (χ0) is 17.1. The summed E-state index contributed by atoms with van der Waals surface area (Å²) in [5.41, 5.74) is 3.51. The normalized spacial score (nSPS) is 14.1. The average molecular weight is 320 g/mol. The highest BCUT2D eigenvalue weighted by molar-refractivity contribution is 6.18. The number of fused-ring (bicyclic) bond motifs is 1. The first-order valence-electron chi connectivity index (χ1n) is 7.48. The van der Waals surface area contributed by atoms with E-state index in [1.54, 1.807) is 18.2 Å². The first-order chi connectivity index (χ1) is 11.6. The number of benzene rings is 2. The van der Waals surface area contributed by atoms with Gasteiger partial charge in [0.05, 0.1) is 12.7 Å². The Labute approximate surface area is 140 Å². The van der Waals surface area contributed by atoms with E-state index in [1.165, 1.54) is 13.2 Å². The molecule has 0 bridgehead atoms. The number of hydrogen-bond acceptors (Lipinski definition) is 4. The van der Waals surface area contributed by atoms with Crippen LogP contribution in [0.2, 0.25) is 0 Å². The molecule has 0 heterocycles. The van der Waals surface area contributed by atoms with Crippen LogP contribution in [0.3, 0.4) is 0 Å². The van der Waals surface area contributed by atoms with Gasteiger partial charge < -0.3 is 9.47 Å². The summed E-state index contributed by atoms with van der Waals surface area (Å²) < 4.78 is 10.2. The van der Waals surface area contributed by atoms with E-state index in [4.69, 9.17) is 9.47 Å². The summed E-state index contributed by atoms with van der Waals surface area (Å²) in [4.78, 5) is 24.3. The molecule has 4 heteroatoms. The standard InChI is InChI=1S/C20H16O4/c1-13-6-5-8-15(10-13)24-20(22)18-11-14-7-3-4-9-16(14)17(18)12-19(21)23-2/h3-12H,1-2H3/b17-12+. The van der Waals surface area contributed by atoms with Gasteiger partial charge in [0.1, 0.15) is 5.75 Å². The third-order valence-corrected chi connectivity index (χ3v) is 3.72. The van der Waals surface area contributed by atoms with Gasteiger partial charge in [-0.25, -0.2) is 9.59 Å². The topological polar surface area (TPSA) is 52.6 Å². The molecule has 0 aromatic heterocycles. The Hall–Kier alpha value is -3.14. The maximum Gasteiger partial charge on any atom is 0.344 e. The van der Waals surface area contributed by atoms with Crippen molar-refractivity contribution in [2.24, 2.45) is 0 Å². The number of ether oxygens (including phenoxy) is 2. The zero-order valence-corrected chi connectivity index (χ0v) is 13.4. The molecule has 3 rings (SSSR count). The summed E-state index contributed by atoms with van der Waals surface area (Å²) in [5, 5.41) is 0. The number of aryl methyl sites for hydroxylation is 1. The van der Waals surface area contributed by atoms with Gasteiger partial charge in [-0.1, -0.05) is 36.4 Å². The molecule has 24 heavy (non-hydrogen) atoms. The van der Waals surface area contributed by atoms with E-state index in [-0.39, 0.29) is 0 Å². The smallest absolute Gasteiger partial charge is 0.344 e. The monoisotopic (exact) mass is 320 g/mol. The summed E-state index contributed by atoms with van der Waals surface area (Å²) in [7, 11) is 1.30. The molecule has 0 radical (unpaired) electrons. The van der Waals surface area contributed by atoms with Crippen LogP contribution in [0.25, 0.3) is 11.6 Å². The Bertz CT molecular complexity index is 875. The van der Waals surface area contributed by atoms with Gasteiger partial charge in [-0.2, -0.15) is 0 Å². The van der Waals surface area contributed by atoms with E-state index >= 15 is 0 Å². The molecule has 1 aliphatic carbocycles. The second-order valence-electron chi connectivity index (χ2n) is 5.43. The lowest BCUT2D eigenvalue weighted by atomic mass is 10.0. The van der Waals surface area contributed by atoms with Gasteiger partial charge in [0.15, 0.2) is 0 Å². The molecule has 0 unspecified atom stereocenters. The van der Waals surface area contributed by atoms with Crippen molar-refractivity contribution in [2.75, 3.05) is 7.11 Å². The van der Waals surface area contributed by atoms with Crippen LogP contribution in [0.4, 0.5) is 0 Å². The summed E-state index contributed by atoms with van der Waals surface area (Å²) in [6.07, 6.45) is 3.04. The van der Waals surface area contributed by atoms with Crippen molar-refractivity contribution in [1.82, 2.24) is 0 Å². The van der Waals surface area contributed by atoms with Crippen molar-refractivity contribution >= 4 is 23.6 Å². The number of esters is 2. The lowest BCUT2D eigenvalue weighted by Gasteiger charge is -2.08. The van der Waals surface area contributed by atoms with Crippen LogP contribution < -0.4 is 4.74 Å². The molecule has 0 saturated heterocycles. The molecule has 2 aromatic rings. The van der Waals surface area contributed by atoms with E-state index in [2.05, 4.69) is 0 Å². The lowest BCUT2D eigenvalue weighted by molar-refractivity contribution is -0.134. The number of carbonyl (C=O) groups is 2. The Morgan fingerprint density at radius 3 is 2.58 bits per heavy atom. The molecule has 4 nitrogen and oxygen atoms in total. The van der Waals surface area contributed by atoms with Crippen LogP contribution >= 0.6 is 0 Å². The van der Waals surface area contributed by atoms with Gasteiger partial charge in [-0.3, -0.25) is 0 Å². The van der Waals surface area contributed by atoms with Gasteiger partial charge in [0, 0.05) is 11.6 Å². The molecule has 0 fully saturated rings. The Morgan fingerprint density at radius 2 is 1.83 bits per heavy atom. The second kappa shape index (κ2) is 6.54. The summed E-state index contributed by atoms with van der Waals surface area (Å²) in [6, 6.07) is 14.7. The predicted octanol–water partition coefficient (Wildman–Crippen LogP) is 3.55. The molecule has 0 aliphatic heterocycles. The highest BCUT2D eigenvalue weighted by atomic mass is 16.5. The molecular formula is C20H16O4. The molecule has 0 N–H and O–H groups in total. The molecule has 2 aromatic carbocycles. The van der Waals surface area contributed by atoms with E-state index in [0.29, 0.717) is 16.9 Å². The van der Waals surface area contributed by atoms with E-state index < -0.39 is 11.9 Å². The summed E-state index contributed by atoms with van der Waals surface area (Å²) >= 11 is 0. The van der Waals surface area contributed by atoms with Crippen molar-refractivity contribution in [1.29, 1.82) is 0 Å². The quantitative estimate of drug-likeness (QED) is 0.493. The van der Waals surface area contributed by atoms with Gasteiger partial charge >= 0.3 is 11.9 Å². The molecule has 0 amide bonds. The minimum atomic E-state index is -0.518. The summed E-state index contributed by atoms with van der Waals surface area (Å²) in [6.45, 7) is 1.92. The fourth-order valence-electron chi connectivity index (χ4n) is 2.59. The Kier molecular flexibility index (Phi) is 4.29. The maximum atomic E-state index is 12.6. The number of methoxy groups -OCH3 is 1. The molecule has 0 atom stereocenters. The van der Waals surface area contributed by atoms with Crippen molar-refractivity contribution < 1.29 is 19.1 Å². The highest BCUT2D eigenvalue weighted by Gasteiger charge is 2.26. The molecule has 0 saturated carbocycles. The predicted molar refractivity (Wildman–Crippen MR) is 91.2 cm³/mol. The largest absolute Gasteiger partial charge is 0.466 e. The van der Waals surface area contributed by atoms with Crippen molar-refractivity contribution in [3.63, 3.8) is 0 Å². The van der Waals surface area contributed by atoms with Crippen LogP contribution in [-0.2, 0) is 14.3 Å². The lowest BCUT2D eigenvalue weighted by Crippen LogP contribution is -2.11. The zero-order valence-electron chi connectivity index (χ0n) is 13.4. The Morgan fingerprint density at radius 1 is 1.04 bits per heavy atom. The molecule has 1 aliphatic rings. The van der Waals surface area contributed by atoms with Crippen LogP contribution in [0, 0.1) is 6.92 Å². The first-order valence-corrected chi connectivity index (χ1v) is 7.48. The fourth-order valence-corrected chi connectivity index (χ4v) is 2.59. The number of hydrogen-bond donors (Lipinski definition) is 0. The minimum absolute atomic E-state index is 0.336. The van der Waals surface area contributed by atoms with Gasteiger partial charge in [0.2, 0.25) is 0 Å². The molecular weight excluding hydrogens is 304 g/mol. The van der Waals surface area contributed by atoms with E-state index in [1.807, 2.05) is 43.3 Å². The van der Waals surface area contributed by atoms with Crippen molar-refractivity contribution in [2.45, 2.75) is 6.92 Å². The van der Waals surface area contributed by atoms with E-state index in [9.17, 15) is 9.59 Å². The number of carbonyl (C=O) groups excluding carboxylic acids is 2. The van der Waals surface area contributed by atoms with Crippen LogP contribution in [0.5, 0.6) is 5.75 Å². The van der Waals surface area contributed by atoms with Gasteiger partial charge in [-0.15, -0.1) is 0 Å². The van der Waals surface area contributed by atoms with Gasteiger partial charge in [-0.05, 0) is 41.8 Å². The first kappa shape index (κ1) is 15.7. The average Bonchev–Trinajstić information content (AvgIpc) is 2.93. The number of rotatable bonds is 3. The molecule has 0 spiro atoms. The maximum absolute atomic E-state index is 12.6. The molecule has 120 valence electrons. The minimum Gasteiger partial charge on any atom is -0.466 e. The second-order valence-corrected chi connectivity index (χ2v) is 5.43. The summed E-state index contributed by atoms with van der Waals surface area (Å²) in [5.74, 6) is -0.558. The fraction of sp³-hybridized carbons (Fsp3) is 0.100.